The summed E-state index contributed by atoms with van der Waals surface area (Å²) < 4.78 is 16.5. The van der Waals surface area contributed by atoms with Gasteiger partial charge in [0.1, 0.15) is 29.8 Å². The van der Waals surface area contributed by atoms with Crippen molar-refractivity contribution in [1.29, 1.82) is 0 Å². The van der Waals surface area contributed by atoms with Gasteiger partial charge in [-0.2, -0.15) is 0 Å². The molecule has 0 saturated carbocycles. The van der Waals surface area contributed by atoms with Crippen molar-refractivity contribution in [1.82, 2.24) is 10.6 Å². The topological polar surface area (TPSA) is 106 Å². The first-order valence-corrected chi connectivity index (χ1v) is 12.5. The molecule has 2 aromatic carbocycles. The van der Waals surface area contributed by atoms with Crippen molar-refractivity contribution in [2.75, 3.05) is 32.2 Å². The van der Waals surface area contributed by atoms with Crippen LogP contribution in [0.3, 0.4) is 0 Å². The molecule has 9 heteroatoms. The number of para-hydroxylation sites is 1. The number of alkyl carbamates (subject to hydrolysis) is 1. The molecule has 0 aliphatic rings. The van der Waals surface area contributed by atoms with E-state index in [1.165, 1.54) is 0 Å². The van der Waals surface area contributed by atoms with Gasteiger partial charge in [0.05, 0.1) is 5.88 Å². The normalized spacial score (nSPS) is 12.8. The number of hydrogen-bond donors (Lipinski definition) is 3. The second-order valence-electron chi connectivity index (χ2n) is 9.47. The molecule has 2 rings (SSSR count). The molecule has 2 unspecified atom stereocenters. The number of aliphatic hydroxyl groups is 1. The Kier molecular flexibility index (Phi) is 11.8. The number of amides is 2. The first-order valence-electron chi connectivity index (χ1n) is 12.0. The summed E-state index contributed by atoms with van der Waals surface area (Å²) in [7, 11) is 0. The molecule has 2 amide bonds. The predicted octanol–water partition coefficient (Wildman–Crippen LogP) is 4.03. The molecule has 0 bridgehead atoms. The summed E-state index contributed by atoms with van der Waals surface area (Å²) in [5.41, 5.74) is 1.55. The number of aliphatic hydroxyl groups excluding tert-OH is 1. The van der Waals surface area contributed by atoms with Crippen molar-refractivity contribution < 1.29 is 28.9 Å². The number of carbonyl (C=O) groups is 2. The van der Waals surface area contributed by atoms with Crippen molar-refractivity contribution in [3.05, 3.63) is 59.7 Å². The summed E-state index contributed by atoms with van der Waals surface area (Å²) in [4.78, 5) is 23.8. The van der Waals surface area contributed by atoms with Crippen LogP contribution in [0.25, 0.3) is 0 Å². The van der Waals surface area contributed by atoms with E-state index < -0.39 is 17.8 Å². The summed E-state index contributed by atoms with van der Waals surface area (Å²) in [5.74, 6) is 1.32. The molecule has 0 fully saturated rings. The Labute approximate surface area is 218 Å². The Bertz CT molecular complexity index is 961. The van der Waals surface area contributed by atoms with Gasteiger partial charge in [0.2, 0.25) is 0 Å². The maximum atomic E-state index is 12.2. The average Bonchev–Trinajstić information content (AvgIpc) is 2.83. The van der Waals surface area contributed by atoms with E-state index in [0.29, 0.717) is 11.5 Å². The lowest BCUT2D eigenvalue weighted by atomic mass is 9.93. The second kappa shape index (κ2) is 14.6. The third-order valence-electron chi connectivity index (χ3n) is 5.01. The predicted molar refractivity (Wildman–Crippen MR) is 140 cm³/mol. The third-order valence-corrected chi connectivity index (χ3v) is 5.37. The molecule has 0 aliphatic heterocycles. The largest absolute Gasteiger partial charge is 0.491 e. The Morgan fingerprint density at radius 3 is 2.33 bits per heavy atom. The molecule has 0 aliphatic carbocycles. The molecular weight excluding hydrogens is 484 g/mol. The van der Waals surface area contributed by atoms with Crippen LogP contribution in [-0.2, 0) is 16.0 Å². The van der Waals surface area contributed by atoms with Crippen LogP contribution >= 0.6 is 11.6 Å². The van der Waals surface area contributed by atoms with Crippen molar-refractivity contribution >= 4 is 23.6 Å². The number of alkyl halides is 1. The van der Waals surface area contributed by atoms with E-state index in [2.05, 4.69) is 17.6 Å². The zero-order valence-electron chi connectivity index (χ0n) is 21.4. The quantitative estimate of drug-likeness (QED) is 0.272. The van der Waals surface area contributed by atoms with Crippen LogP contribution < -0.4 is 20.1 Å². The van der Waals surface area contributed by atoms with E-state index in [9.17, 15) is 14.7 Å². The zero-order chi connectivity index (χ0) is 26.6. The van der Waals surface area contributed by atoms with Crippen LogP contribution in [0.1, 0.15) is 44.7 Å². The van der Waals surface area contributed by atoms with Gasteiger partial charge in [0.15, 0.2) is 6.61 Å². The highest BCUT2D eigenvalue weighted by molar-refractivity contribution is 6.18. The molecule has 0 heterocycles. The molecule has 0 spiro atoms. The number of ether oxygens (including phenoxy) is 3. The van der Waals surface area contributed by atoms with Crippen LogP contribution in [0.5, 0.6) is 11.5 Å². The number of halogens is 1. The summed E-state index contributed by atoms with van der Waals surface area (Å²) in [5, 5.41) is 14.8. The van der Waals surface area contributed by atoms with Crippen LogP contribution in [0.4, 0.5) is 4.79 Å². The first-order chi connectivity index (χ1) is 17.1. The van der Waals surface area contributed by atoms with Crippen LogP contribution in [-0.4, -0.2) is 61.0 Å². The lowest BCUT2D eigenvalue weighted by Gasteiger charge is -2.19. The highest BCUT2D eigenvalue weighted by Crippen LogP contribution is 2.29. The van der Waals surface area contributed by atoms with Crippen LogP contribution in [0.15, 0.2) is 48.5 Å². The van der Waals surface area contributed by atoms with Crippen molar-refractivity contribution in [2.24, 2.45) is 0 Å². The maximum Gasteiger partial charge on any atom is 0.407 e. The molecule has 3 N–H and O–H groups in total. The summed E-state index contributed by atoms with van der Waals surface area (Å²) >= 11 is 5.59. The molecule has 0 saturated heterocycles. The zero-order valence-corrected chi connectivity index (χ0v) is 22.1. The lowest BCUT2D eigenvalue weighted by Crippen LogP contribution is -2.39. The Morgan fingerprint density at radius 1 is 1.00 bits per heavy atom. The smallest absolute Gasteiger partial charge is 0.407 e. The number of rotatable bonds is 13. The third kappa shape index (κ3) is 11.2. The van der Waals surface area contributed by atoms with Gasteiger partial charge in [0.25, 0.3) is 5.91 Å². The van der Waals surface area contributed by atoms with E-state index in [4.69, 9.17) is 25.8 Å². The van der Waals surface area contributed by atoms with Crippen LogP contribution in [0, 0.1) is 0 Å². The van der Waals surface area contributed by atoms with Gasteiger partial charge in [-0.1, -0.05) is 37.3 Å². The van der Waals surface area contributed by atoms with Gasteiger partial charge < -0.3 is 30.0 Å². The van der Waals surface area contributed by atoms with E-state index in [1.807, 2.05) is 48.5 Å². The SMILES string of the molecule is CC(Cc1ccc(OCC(O)CCl)cc1)c1ccccc1OCC(=O)NCCNC(=O)OC(C)(C)C. The van der Waals surface area contributed by atoms with Gasteiger partial charge in [0, 0.05) is 13.1 Å². The molecule has 0 radical (unpaired) electrons. The highest BCUT2D eigenvalue weighted by atomic mass is 35.5. The fourth-order valence-corrected chi connectivity index (χ4v) is 3.41. The van der Waals surface area contributed by atoms with Crippen LogP contribution in [0.2, 0.25) is 0 Å². The second-order valence-corrected chi connectivity index (χ2v) is 9.78. The monoisotopic (exact) mass is 520 g/mol. The lowest BCUT2D eigenvalue weighted by molar-refractivity contribution is -0.123. The van der Waals surface area contributed by atoms with Crippen molar-refractivity contribution in [3.63, 3.8) is 0 Å². The van der Waals surface area contributed by atoms with Gasteiger partial charge in [-0.25, -0.2) is 4.79 Å². The van der Waals surface area contributed by atoms with E-state index >= 15 is 0 Å². The van der Waals surface area contributed by atoms with E-state index in [1.54, 1.807) is 20.8 Å². The minimum Gasteiger partial charge on any atom is -0.491 e. The fraction of sp³-hybridized carbons (Fsp3) is 0.481. The molecule has 36 heavy (non-hydrogen) atoms. The number of nitrogens with one attached hydrogen (secondary N) is 2. The number of benzene rings is 2. The molecule has 198 valence electrons. The number of hydrogen-bond acceptors (Lipinski definition) is 6. The highest BCUT2D eigenvalue weighted by Gasteiger charge is 2.16. The summed E-state index contributed by atoms with van der Waals surface area (Å²) in [6.07, 6.45) is -0.449. The minimum atomic E-state index is -0.696. The Hall–Kier alpha value is -2.97. The molecular formula is C27H37ClN2O6. The van der Waals surface area contributed by atoms with Gasteiger partial charge in [-0.15, -0.1) is 11.6 Å². The maximum absolute atomic E-state index is 12.2. The molecule has 2 aromatic rings. The molecule has 8 nitrogen and oxygen atoms in total. The van der Waals surface area contributed by atoms with Gasteiger partial charge >= 0.3 is 6.09 Å². The Morgan fingerprint density at radius 2 is 1.67 bits per heavy atom. The minimum absolute atomic E-state index is 0.129. The standard InChI is InChI=1S/C27H37ClN2O6/c1-19(15-20-9-11-22(12-10-20)34-17-21(31)16-28)23-7-5-6-8-24(23)35-18-25(32)29-13-14-30-26(33)36-27(2,3)4/h5-12,19,21,31H,13-18H2,1-4H3,(H,29,32)(H,30,33). The van der Waals surface area contributed by atoms with Gasteiger partial charge in [-0.3, -0.25) is 4.79 Å². The van der Waals surface area contributed by atoms with Crippen molar-refractivity contribution in [2.45, 2.75) is 51.7 Å². The molecule has 2 atom stereocenters. The fourth-order valence-electron chi connectivity index (χ4n) is 3.32. The number of carbonyl (C=O) groups excluding carboxylic acids is 2. The molecule has 0 aromatic heterocycles. The van der Waals surface area contributed by atoms with Gasteiger partial charge in [-0.05, 0) is 62.4 Å². The van der Waals surface area contributed by atoms with E-state index in [0.717, 1.165) is 17.5 Å². The summed E-state index contributed by atoms with van der Waals surface area (Å²) in [6.45, 7) is 8.00. The van der Waals surface area contributed by atoms with E-state index in [-0.39, 0.29) is 44.0 Å². The first kappa shape index (κ1) is 29.3. The Balaban J connectivity index is 1.81. The summed E-state index contributed by atoms with van der Waals surface area (Å²) in [6, 6.07) is 15.4. The van der Waals surface area contributed by atoms with Crippen molar-refractivity contribution in [3.8, 4) is 11.5 Å². The average molecular weight is 521 g/mol.